The molecular weight excluding hydrogens is 228 g/mol. The average molecular weight is 242 g/mol. The summed E-state index contributed by atoms with van der Waals surface area (Å²) in [7, 11) is 0. The minimum absolute atomic E-state index is 0.257. The van der Waals surface area contributed by atoms with Gasteiger partial charge in [0, 0.05) is 12.2 Å². The third-order valence-corrected chi connectivity index (χ3v) is 2.24. The molecule has 0 saturated heterocycles. The SMILES string of the molecule is CC(C)(C#N)CNC(=O)Nc1cccc(C#N)c1. The van der Waals surface area contributed by atoms with Crippen LogP contribution in [-0.2, 0) is 0 Å². The van der Waals surface area contributed by atoms with Crippen molar-refractivity contribution >= 4 is 11.7 Å². The molecule has 0 saturated carbocycles. The van der Waals surface area contributed by atoms with Crippen LogP contribution in [0.1, 0.15) is 19.4 Å². The van der Waals surface area contributed by atoms with Gasteiger partial charge in [0.1, 0.15) is 0 Å². The number of nitrogens with one attached hydrogen (secondary N) is 2. The Morgan fingerprint density at radius 3 is 2.72 bits per heavy atom. The number of amides is 2. The molecule has 0 spiro atoms. The van der Waals surface area contributed by atoms with Crippen LogP contribution in [0.15, 0.2) is 24.3 Å². The molecule has 18 heavy (non-hydrogen) atoms. The molecule has 5 heteroatoms. The second-order valence-corrected chi connectivity index (χ2v) is 4.50. The van der Waals surface area contributed by atoms with Gasteiger partial charge in [-0.2, -0.15) is 10.5 Å². The number of carbonyl (C=O) groups is 1. The normalized spacial score (nSPS) is 10.0. The van der Waals surface area contributed by atoms with Crippen molar-refractivity contribution in [1.29, 1.82) is 10.5 Å². The maximum Gasteiger partial charge on any atom is 0.319 e. The molecule has 1 aromatic carbocycles. The highest BCUT2D eigenvalue weighted by molar-refractivity contribution is 5.89. The third-order valence-electron chi connectivity index (χ3n) is 2.24. The second-order valence-electron chi connectivity index (χ2n) is 4.50. The van der Waals surface area contributed by atoms with E-state index in [1.165, 1.54) is 0 Å². The van der Waals surface area contributed by atoms with E-state index in [0.29, 0.717) is 11.3 Å². The fourth-order valence-electron chi connectivity index (χ4n) is 1.18. The Kier molecular flexibility index (Phi) is 4.28. The maximum atomic E-state index is 11.6. The Bertz CT molecular complexity index is 523. The molecule has 0 fully saturated rings. The van der Waals surface area contributed by atoms with Gasteiger partial charge < -0.3 is 10.6 Å². The highest BCUT2D eigenvalue weighted by atomic mass is 16.2. The summed E-state index contributed by atoms with van der Waals surface area (Å²) in [4.78, 5) is 11.6. The number of carbonyl (C=O) groups excluding carboxylic acids is 1. The monoisotopic (exact) mass is 242 g/mol. The molecule has 2 N–H and O–H groups in total. The van der Waals surface area contributed by atoms with E-state index in [9.17, 15) is 4.79 Å². The van der Waals surface area contributed by atoms with Gasteiger partial charge in [-0.05, 0) is 32.0 Å². The number of urea groups is 1. The predicted octanol–water partition coefficient (Wildman–Crippen LogP) is 2.23. The van der Waals surface area contributed by atoms with E-state index in [0.717, 1.165) is 0 Å². The number of hydrogen-bond donors (Lipinski definition) is 2. The molecule has 0 unspecified atom stereocenters. The molecule has 0 aliphatic rings. The van der Waals surface area contributed by atoms with Crippen LogP contribution in [-0.4, -0.2) is 12.6 Å². The van der Waals surface area contributed by atoms with E-state index >= 15 is 0 Å². The molecule has 0 aromatic heterocycles. The summed E-state index contributed by atoms with van der Waals surface area (Å²) >= 11 is 0. The summed E-state index contributed by atoms with van der Waals surface area (Å²) in [6.07, 6.45) is 0. The fraction of sp³-hybridized carbons (Fsp3) is 0.308. The van der Waals surface area contributed by atoms with Gasteiger partial charge >= 0.3 is 6.03 Å². The van der Waals surface area contributed by atoms with Crippen molar-refractivity contribution in [3.63, 3.8) is 0 Å². The summed E-state index contributed by atoms with van der Waals surface area (Å²) in [5, 5.41) is 22.7. The summed E-state index contributed by atoms with van der Waals surface area (Å²) in [6.45, 7) is 3.74. The Balaban J connectivity index is 2.56. The van der Waals surface area contributed by atoms with E-state index in [-0.39, 0.29) is 6.54 Å². The van der Waals surface area contributed by atoms with Crippen molar-refractivity contribution in [1.82, 2.24) is 5.32 Å². The van der Waals surface area contributed by atoms with Crippen molar-refractivity contribution in [3.05, 3.63) is 29.8 Å². The van der Waals surface area contributed by atoms with Gasteiger partial charge in [-0.3, -0.25) is 0 Å². The van der Waals surface area contributed by atoms with E-state index in [1.54, 1.807) is 38.1 Å². The number of benzene rings is 1. The first-order chi connectivity index (χ1) is 8.46. The van der Waals surface area contributed by atoms with Crippen molar-refractivity contribution in [3.8, 4) is 12.1 Å². The number of rotatable bonds is 3. The Morgan fingerprint density at radius 1 is 1.39 bits per heavy atom. The van der Waals surface area contributed by atoms with Gasteiger partial charge in [-0.15, -0.1) is 0 Å². The van der Waals surface area contributed by atoms with E-state index < -0.39 is 11.4 Å². The van der Waals surface area contributed by atoms with E-state index in [1.807, 2.05) is 6.07 Å². The molecule has 0 heterocycles. The zero-order valence-electron chi connectivity index (χ0n) is 10.3. The van der Waals surface area contributed by atoms with Crippen molar-refractivity contribution in [2.75, 3.05) is 11.9 Å². The predicted molar refractivity (Wildman–Crippen MR) is 67.6 cm³/mol. The molecule has 2 amide bonds. The number of nitrogens with zero attached hydrogens (tertiary/aromatic N) is 2. The lowest BCUT2D eigenvalue weighted by Crippen LogP contribution is -2.36. The lowest BCUT2D eigenvalue weighted by Gasteiger charge is -2.16. The molecule has 0 radical (unpaired) electrons. The topological polar surface area (TPSA) is 88.7 Å². The first-order valence-corrected chi connectivity index (χ1v) is 5.43. The molecule has 92 valence electrons. The van der Waals surface area contributed by atoms with Crippen LogP contribution in [0, 0.1) is 28.1 Å². The zero-order valence-corrected chi connectivity index (χ0v) is 10.3. The molecule has 0 atom stereocenters. The third kappa shape index (κ3) is 4.15. The van der Waals surface area contributed by atoms with Gasteiger partial charge in [0.05, 0.1) is 23.1 Å². The maximum absolute atomic E-state index is 11.6. The summed E-state index contributed by atoms with van der Waals surface area (Å²) in [6, 6.07) is 10.3. The van der Waals surface area contributed by atoms with Crippen molar-refractivity contribution < 1.29 is 4.79 Å². The van der Waals surface area contributed by atoms with Gasteiger partial charge in [0.2, 0.25) is 0 Å². The number of anilines is 1. The highest BCUT2D eigenvalue weighted by Gasteiger charge is 2.17. The Hall–Kier alpha value is -2.53. The minimum Gasteiger partial charge on any atom is -0.336 e. The fourth-order valence-corrected chi connectivity index (χ4v) is 1.18. The van der Waals surface area contributed by atoms with E-state index in [4.69, 9.17) is 10.5 Å². The van der Waals surface area contributed by atoms with Crippen LogP contribution in [0.3, 0.4) is 0 Å². The molecule has 0 aliphatic heterocycles. The van der Waals surface area contributed by atoms with Crippen molar-refractivity contribution in [2.24, 2.45) is 5.41 Å². The summed E-state index contributed by atoms with van der Waals surface area (Å²) in [5.74, 6) is 0. The van der Waals surface area contributed by atoms with E-state index in [2.05, 4.69) is 16.7 Å². The van der Waals surface area contributed by atoms with Crippen LogP contribution in [0.5, 0.6) is 0 Å². The van der Waals surface area contributed by atoms with Gasteiger partial charge in [0.25, 0.3) is 0 Å². The van der Waals surface area contributed by atoms with Gasteiger partial charge in [-0.25, -0.2) is 4.79 Å². The molecule has 0 bridgehead atoms. The molecule has 0 aliphatic carbocycles. The first kappa shape index (κ1) is 13.5. The Morgan fingerprint density at radius 2 is 2.11 bits per heavy atom. The quantitative estimate of drug-likeness (QED) is 0.851. The number of hydrogen-bond acceptors (Lipinski definition) is 3. The van der Waals surface area contributed by atoms with Gasteiger partial charge in [0.15, 0.2) is 0 Å². The highest BCUT2D eigenvalue weighted by Crippen LogP contribution is 2.12. The lowest BCUT2D eigenvalue weighted by molar-refractivity contribution is 0.249. The molecular formula is C13H14N4O. The first-order valence-electron chi connectivity index (χ1n) is 5.43. The second kappa shape index (κ2) is 5.70. The van der Waals surface area contributed by atoms with Gasteiger partial charge in [-0.1, -0.05) is 6.07 Å². The summed E-state index contributed by atoms with van der Waals surface area (Å²) in [5.41, 5.74) is 0.415. The van der Waals surface area contributed by atoms with Crippen LogP contribution in [0.4, 0.5) is 10.5 Å². The molecule has 5 nitrogen and oxygen atoms in total. The standard InChI is InChI=1S/C13H14N4O/c1-13(2,8-15)9-16-12(18)17-11-5-3-4-10(6-11)7-14/h3-6H,9H2,1-2H3,(H2,16,17,18). The zero-order chi connectivity index (χ0) is 13.6. The summed E-state index contributed by atoms with van der Waals surface area (Å²) < 4.78 is 0. The molecule has 1 rings (SSSR count). The Labute approximate surface area is 106 Å². The van der Waals surface area contributed by atoms with Crippen LogP contribution >= 0.6 is 0 Å². The van der Waals surface area contributed by atoms with Crippen LogP contribution in [0.2, 0.25) is 0 Å². The smallest absolute Gasteiger partial charge is 0.319 e. The van der Waals surface area contributed by atoms with Crippen molar-refractivity contribution in [2.45, 2.75) is 13.8 Å². The molecule has 1 aromatic rings. The van der Waals surface area contributed by atoms with Crippen LogP contribution in [0.25, 0.3) is 0 Å². The lowest BCUT2D eigenvalue weighted by atomic mass is 9.96. The van der Waals surface area contributed by atoms with Crippen LogP contribution < -0.4 is 10.6 Å². The number of nitriles is 2. The largest absolute Gasteiger partial charge is 0.336 e. The minimum atomic E-state index is -0.605. The average Bonchev–Trinajstić information content (AvgIpc) is 2.37.